The van der Waals surface area contributed by atoms with Crippen LogP contribution in [0.15, 0.2) is 89.3 Å². The highest BCUT2D eigenvalue weighted by Gasteiger charge is 2.13. The molecule has 1 aromatic heterocycles. The Balaban J connectivity index is 1.38. The Bertz CT molecular complexity index is 1400. The van der Waals surface area contributed by atoms with Crippen molar-refractivity contribution in [2.45, 2.75) is 0 Å². The second-order valence-electron chi connectivity index (χ2n) is 7.06. The lowest BCUT2D eigenvalue weighted by molar-refractivity contribution is 0.584. The van der Waals surface area contributed by atoms with Gasteiger partial charge in [0.05, 0.1) is 10.6 Å². The van der Waals surface area contributed by atoms with Crippen LogP contribution in [0.2, 0.25) is 10.0 Å². The quantitative estimate of drug-likeness (QED) is 0.264. The van der Waals surface area contributed by atoms with E-state index in [4.69, 9.17) is 27.6 Å². The van der Waals surface area contributed by atoms with Crippen LogP contribution in [0.4, 0.5) is 0 Å². The predicted octanol–water partition coefficient (Wildman–Crippen LogP) is 8.03. The van der Waals surface area contributed by atoms with Crippen LogP contribution in [0.3, 0.4) is 0 Å². The maximum atomic E-state index is 6.24. The Morgan fingerprint density at radius 1 is 0.710 bits per heavy atom. The second kappa shape index (κ2) is 8.38. The molecule has 0 saturated carbocycles. The maximum absolute atomic E-state index is 6.24. The molecule has 0 radical (unpaired) electrons. The van der Waals surface area contributed by atoms with E-state index < -0.39 is 0 Å². The lowest BCUT2D eigenvalue weighted by atomic mass is 10.0. The number of halogens is 2. The molecule has 5 rings (SSSR count). The van der Waals surface area contributed by atoms with Gasteiger partial charge in [-0.3, -0.25) is 0 Å². The van der Waals surface area contributed by atoms with Crippen LogP contribution in [0.5, 0.6) is 0 Å². The first-order valence-corrected chi connectivity index (χ1v) is 10.5. The lowest BCUT2D eigenvalue weighted by Crippen LogP contribution is -1.80. The zero-order valence-corrected chi connectivity index (χ0v) is 17.8. The number of hydrogen-bond acceptors (Lipinski definition) is 3. The van der Waals surface area contributed by atoms with Gasteiger partial charge >= 0.3 is 0 Å². The summed E-state index contributed by atoms with van der Waals surface area (Å²) in [5.74, 6) is 0.794. The topological polar surface area (TPSA) is 38.9 Å². The van der Waals surface area contributed by atoms with Crippen LogP contribution in [0.1, 0.15) is 11.1 Å². The highest BCUT2D eigenvalue weighted by molar-refractivity contribution is 6.36. The molecule has 0 aliphatic carbocycles. The number of hydrogen-bond donors (Lipinski definition) is 0. The summed E-state index contributed by atoms with van der Waals surface area (Å²) in [6, 6.07) is 27.8. The molecule has 0 N–H and O–H groups in total. The third kappa shape index (κ3) is 4.11. The van der Waals surface area contributed by atoms with Gasteiger partial charge in [-0.2, -0.15) is 0 Å². The van der Waals surface area contributed by atoms with Crippen LogP contribution in [0.25, 0.3) is 45.8 Å². The summed E-state index contributed by atoms with van der Waals surface area (Å²) in [5.41, 5.74) is 3.76. The van der Waals surface area contributed by atoms with Crippen LogP contribution in [0, 0.1) is 0 Å². The number of rotatable bonds is 4. The summed E-state index contributed by atoms with van der Waals surface area (Å²) in [6.45, 7) is 0. The van der Waals surface area contributed by atoms with Gasteiger partial charge in [0.25, 0.3) is 0 Å². The van der Waals surface area contributed by atoms with Gasteiger partial charge in [0.2, 0.25) is 11.8 Å². The molecule has 0 unspecified atom stereocenters. The van der Waals surface area contributed by atoms with Crippen LogP contribution in [-0.4, -0.2) is 10.2 Å². The number of aromatic nitrogens is 2. The van der Waals surface area contributed by atoms with Gasteiger partial charge in [0.1, 0.15) is 0 Å². The first-order valence-electron chi connectivity index (χ1n) is 9.72. The first kappa shape index (κ1) is 19.6. The zero-order valence-electron chi connectivity index (χ0n) is 16.3. The molecule has 3 nitrogen and oxygen atoms in total. The Kier molecular flexibility index (Phi) is 5.29. The van der Waals surface area contributed by atoms with E-state index in [0.29, 0.717) is 27.4 Å². The largest absolute Gasteiger partial charge is 0.416 e. The van der Waals surface area contributed by atoms with E-state index in [9.17, 15) is 0 Å². The summed E-state index contributed by atoms with van der Waals surface area (Å²) in [6.07, 6.45) is 4.23. The maximum Gasteiger partial charge on any atom is 0.249 e. The van der Waals surface area contributed by atoms with Crippen molar-refractivity contribution in [3.8, 4) is 22.9 Å². The standard InChI is InChI=1S/C26H16Cl2N2O/c27-21-14-15-23(24(28)16-21)26-30-29-25(31-26)20-12-9-17(10-13-20)8-11-19-6-3-5-18-4-1-2-7-22(18)19/h1-16H/b11-8+. The van der Waals surface area contributed by atoms with Gasteiger partial charge in [-0.1, -0.05) is 90.0 Å². The number of fused-ring (bicyclic) bond motifs is 1. The molecule has 5 heteroatoms. The van der Waals surface area contributed by atoms with Crippen LogP contribution < -0.4 is 0 Å². The van der Waals surface area contributed by atoms with Gasteiger partial charge in [-0.05, 0) is 52.2 Å². The molecule has 0 amide bonds. The highest BCUT2D eigenvalue weighted by atomic mass is 35.5. The minimum absolute atomic E-state index is 0.358. The van der Waals surface area contributed by atoms with Crippen molar-refractivity contribution < 1.29 is 4.42 Å². The molecule has 31 heavy (non-hydrogen) atoms. The summed E-state index contributed by atoms with van der Waals surface area (Å²) < 4.78 is 5.83. The van der Waals surface area contributed by atoms with Crippen LogP contribution >= 0.6 is 23.2 Å². The monoisotopic (exact) mass is 442 g/mol. The van der Waals surface area contributed by atoms with Crippen molar-refractivity contribution in [2.75, 3.05) is 0 Å². The smallest absolute Gasteiger partial charge is 0.249 e. The minimum Gasteiger partial charge on any atom is -0.416 e. The van der Waals surface area contributed by atoms with E-state index in [1.54, 1.807) is 18.2 Å². The van der Waals surface area contributed by atoms with Crippen LogP contribution in [-0.2, 0) is 0 Å². The Morgan fingerprint density at radius 3 is 2.32 bits per heavy atom. The molecular formula is C26H16Cl2N2O. The Hall–Kier alpha value is -3.40. The molecule has 150 valence electrons. The van der Waals surface area contributed by atoms with Crippen molar-refractivity contribution in [3.05, 3.63) is 106 Å². The average molecular weight is 443 g/mol. The molecule has 0 spiro atoms. The molecule has 1 heterocycles. The summed E-state index contributed by atoms with van der Waals surface area (Å²) in [4.78, 5) is 0. The minimum atomic E-state index is 0.358. The number of benzene rings is 4. The molecule has 0 saturated heterocycles. The summed E-state index contributed by atoms with van der Waals surface area (Å²) in [5, 5.41) is 11.8. The van der Waals surface area contributed by atoms with Crippen molar-refractivity contribution >= 4 is 46.1 Å². The fraction of sp³-hybridized carbons (Fsp3) is 0. The van der Waals surface area contributed by atoms with E-state index in [0.717, 1.165) is 11.1 Å². The molecular weight excluding hydrogens is 427 g/mol. The van der Waals surface area contributed by atoms with Gasteiger partial charge in [0, 0.05) is 10.6 Å². The molecule has 0 bridgehead atoms. The molecule has 5 aromatic rings. The molecule has 0 aliphatic rings. The number of nitrogens with zero attached hydrogens (tertiary/aromatic N) is 2. The fourth-order valence-corrected chi connectivity index (χ4v) is 3.92. The van der Waals surface area contributed by atoms with Crippen molar-refractivity contribution in [1.29, 1.82) is 0 Å². The second-order valence-corrected chi connectivity index (χ2v) is 7.90. The van der Waals surface area contributed by atoms with E-state index in [1.807, 2.05) is 24.3 Å². The SMILES string of the molecule is Clc1ccc(-c2nnc(-c3ccc(/C=C/c4cccc5ccccc45)cc3)o2)c(Cl)c1. The van der Waals surface area contributed by atoms with E-state index in [-0.39, 0.29) is 0 Å². The molecule has 0 aliphatic heterocycles. The summed E-state index contributed by atoms with van der Waals surface area (Å²) in [7, 11) is 0. The molecule has 4 aromatic carbocycles. The van der Waals surface area contributed by atoms with Crippen molar-refractivity contribution in [3.63, 3.8) is 0 Å². The van der Waals surface area contributed by atoms with E-state index in [1.165, 1.54) is 16.3 Å². The fourth-order valence-electron chi connectivity index (χ4n) is 3.43. The molecule has 0 fully saturated rings. The third-order valence-corrected chi connectivity index (χ3v) is 5.57. The Morgan fingerprint density at radius 2 is 1.48 bits per heavy atom. The van der Waals surface area contributed by atoms with Gasteiger partial charge in [-0.25, -0.2) is 0 Å². The van der Waals surface area contributed by atoms with Crippen molar-refractivity contribution in [2.24, 2.45) is 0 Å². The van der Waals surface area contributed by atoms with Gasteiger partial charge < -0.3 is 4.42 Å². The normalized spacial score (nSPS) is 11.4. The van der Waals surface area contributed by atoms with Gasteiger partial charge in [0.15, 0.2) is 0 Å². The van der Waals surface area contributed by atoms with E-state index in [2.05, 4.69) is 64.8 Å². The average Bonchev–Trinajstić information content (AvgIpc) is 3.28. The van der Waals surface area contributed by atoms with Gasteiger partial charge in [-0.15, -0.1) is 10.2 Å². The lowest BCUT2D eigenvalue weighted by Gasteiger charge is -2.02. The zero-order chi connectivity index (χ0) is 21.2. The third-order valence-electron chi connectivity index (χ3n) is 5.02. The highest BCUT2D eigenvalue weighted by Crippen LogP contribution is 2.31. The summed E-state index contributed by atoms with van der Waals surface area (Å²) >= 11 is 12.2. The first-order chi connectivity index (χ1) is 15.2. The Labute approximate surface area is 189 Å². The molecule has 0 atom stereocenters. The van der Waals surface area contributed by atoms with E-state index >= 15 is 0 Å². The predicted molar refractivity (Wildman–Crippen MR) is 128 cm³/mol. The van der Waals surface area contributed by atoms with Crippen molar-refractivity contribution in [1.82, 2.24) is 10.2 Å².